The van der Waals surface area contributed by atoms with Crippen LogP contribution in [0.3, 0.4) is 0 Å². The molecule has 14 heteroatoms. The van der Waals surface area contributed by atoms with E-state index in [0.29, 0.717) is 5.82 Å². The van der Waals surface area contributed by atoms with Gasteiger partial charge in [0.25, 0.3) is 0 Å². The van der Waals surface area contributed by atoms with Crippen molar-refractivity contribution >= 4 is 11.0 Å². The van der Waals surface area contributed by atoms with E-state index in [9.17, 15) is 26.3 Å². The number of hydrogen-bond donors (Lipinski definition) is 0. The topological polar surface area (TPSA) is 78.8 Å². The molecule has 0 fully saturated rings. The van der Waals surface area contributed by atoms with E-state index in [0.717, 1.165) is 21.3 Å². The summed E-state index contributed by atoms with van der Waals surface area (Å²) in [6.45, 7) is 8.13. The number of nitrogens with zero attached hydrogens (tertiary/aromatic N) is 6. The summed E-state index contributed by atoms with van der Waals surface area (Å²) in [4.78, 5) is 8.50. The molecule has 4 heterocycles. The lowest BCUT2D eigenvalue weighted by molar-refractivity contribution is -0.138. The van der Waals surface area contributed by atoms with Crippen LogP contribution >= 0.6 is 0 Å². The average molecular weight is 545 g/mol. The molecule has 4 aromatic heterocycles. The number of hydrogen-bond acceptors (Lipinski definition) is 6. The lowest BCUT2D eigenvalue weighted by Gasteiger charge is -2.14. The van der Waals surface area contributed by atoms with Gasteiger partial charge in [0.15, 0.2) is 11.6 Å². The molecule has 4 rings (SSSR count). The Morgan fingerprint density at radius 1 is 0.895 bits per heavy atom. The van der Waals surface area contributed by atoms with Gasteiger partial charge in [0.05, 0.1) is 36.9 Å². The van der Waals surface area contributed by atoms with Crippen LogP contribution < -0.4 is 9.47 Å². The van der Waals surface area contributed by atoms with Gasteiger partial charge in [-0.3, -0.25) is 0 Å². The molecule has 0 saturated heterocycles. The zero-order chi connectivity index (χ0) is 28.2. The van der Waals surface area contributed by atoms with E-state index in [2.05, 4.69) is 20.2 Å². The van der Waals surface area contributed by atoms with E-state index in [-0.39, 0.29) is 53.1 Å². The smallest absolute Gasteiger partial charge is 0.422 e. The zero-order valence-electron chi connectivity index (χ0n) is 21.5. The highest BCUT2D eigenvalue weighted by Gasteiger charge is 2.40. The van der Waals surface area contributed by atoms with Crippen molar-refractivity contribution in [2.45, 2.75) is 65.2 Å². The van der Waals surface area contributed by atoms with E-state index in [4.69, 9.17) is 9.47 Å². The number of aromatic nitrogens is 6. The maximum atomic E-state index is 14.1. The molecule has 0 aromatic carbocycles. The monoisotopic (exact) mass is 544 g/mol. The highest BCUT2D eigenvalue weighted by atomic mass is 19.4. The lowest BCUT2D eigenvalue weighted by atomic mass is 10.1. The molecule has 38 heavy (non-hydrogen) atoms. The molecule has 0 aliphatic rings. The summed E-state index contributed by atoms with van der Waals surface area (Å²) >= 11 is 0. The van der Waals surface area contributed by atoms with Gasteiger partial charge in [-0.2, -0.15) is 36.0 Å². The molecular weight excluding hydrogens is 518 g/mol. The number of rotatable bonds is 7. The third-order valence-corrected chi connectivity index (χ3v) is 5.86. The first-order chi connectivity index (χ1) is 17.6. The third-order valence-electron chi connectivity index (χ3n) is 5.86. The van der Waals surface area contributed by atoms with E-state index in [1.807, 2.05) is 0 Å². The Balaban J connectivity index is 1.73. The number of methoxy groups -OCH3 is 1. The first kappa shape index (κ1) is 27.5. The summed E-state index contributed by atoms with van der Waals surface area (Å²) in [6, 6.07) is 0.841. The first-order valence-electron chi connectivity index (χ1n) is 11.8. The molecule has 0 bridgehead atoms. The summed E-state index contributed by atoms with van der Waals surface area (Å²) in [5.41, 5.74) is -2.00. The number of halogens is 6. The average Bonchev–Trinajstić information content (AvgIpc) is 3.35. The van der Waals surface area contributed by atoms with Crippen LogP contribution in [0.25, 0.3) is 11.0 Å². The number of ether oxygens (including phenoxy) is 2. The minimum Gasteiger partial charge on any atom is -0.491 e. The second-order valence-corrected chi connectivity index (χ2v) is 9.38. The molecule has 0 unspecified atom stereocenters. The predicted octanol–water partition coefficient (Wildman–Crippen LogP) is 5.99. The van der Waals surface area contributed by atoms with Crippen molar-refractivity contribution in [3.63, 3.8) is 0 Å². The number of aryl methyl sites for hydroxylation is 1. The number of fused-ring (bicyclic) bond motifs is 2. The maximum Gasteiger partial charge on any atom is 0.422 e. The fourth-order valence-electron chi connectivity index (χ4n) is 4.26. The standard InChI is InChI=1S/C24H26F6N6O2/c1-11(2)19-21-14(23(25,26)27)9-17(37-6)36(21)34-16(32-19)7-8-38-15-10-35-22(18(15)24(28,29)30)20(12(3)4)31-13(5)33-35/h9-12H,7-8H2,1-6H3. The minimum atomic E-state index is -4.75. The van der Waals surface area contributed by atoms with Crippen molar-refractivity contribution in [2.75, 3.05) is 13.7 Å². The first-order valence-corrected chi connectivity index (χ1v) is 11.8. The van der Waals surface area contributed by atoms with Gasteiger partial charge < -0.3 is 9.47 Å². The van der Waals surface area contributed by atoms with Gasteiger partial charge in [0, 0.05) is 12.5 Å². The van der Waals surface area contributed by atoms with Crippen molar-refractivity contribution in [1.29, 1.82) is 0 Å². The number of alkyl halides is 6. The van der Waals surface area contributed by atoms with Gasteiger partial charge in [-0.1, -0.05) is 27.7 Å². The summed E-state index contributed by atoms with van der Waals surface area (Å²) in [7, 11) is 1.22. The Labute approximate surface area is 213 Å². The molecular formula is C24H26F6N6O2. The summed E-state index contributed by atoms with van der Waals surface area (Å²) in [6.07, 6.45) is -8.35. The van der Waals surface area contributed by atoms with Crippen LogP contribution in [0.1, 0.15) is 73.7 Å². The third kappa shape index (κ3) is 4.95. The Bertz CT molecular complexity index is 1490. The molecule has 0 spiro atoms. The second-order valence-electron chi connectivity index (χ2n) is 9.38. The van der Waals surface area contributed by atoms with Crippen LogP contribution in [0.2, 0.25) is 0 Å². The predicted molar refractivity (Wildman–Crippen MR) is 125 cm³/mol. The van der Waals surface area contributed by atoms with Gasteiger partial charge in [-0.15, -0.1) is 5.10 Å². The minimum absolute atomic E-state index is 0.0798. The van der Waals surface area contributed by atoms with Crippen LogP contribution in [0.15, 0.2) is 12.3 Å². The van der Waals surface area contributed by atoms with Crippen LogP contribution in [-0.2, 0) is 18.8 Å². The molecule has 4 aromatic rings. The fraction of sp³-hybridized carbons (Fsp3) is 0.500. The largest absolute Gasteiger partial charge is 0.491 e. The molecule has 0 amide bonds. The van der Waals surface area contributed by atoms with Crippen molar-refractivity contribution in [3.8, 4) is 11.6 Å². The van der Waals surface area contributed by atoms with E-state index < -0.39 is 35.1 Å². The van der Waals surface area contributed by atoms with Crippen molar-refractivity contribution in [1.82, 2.24) is 29.2 Å². The van der Waals surface area contributed by atoms with Crippen LogP contribution in [-0.4, -0.2) is 42.9 Å². The van der Waals surface area contributed by atoms with E-state index in [1.165, 1.54) is 7.11 Å². The zero-order valence-corrected chi connectivity index (χ0v) is 21.5. The van der Waals surface area contributed by atoms with Gasteiger partial charge in [0.1, 0.15) is 22.4 Å². The van der Waals surface area contributed by atoms with Crippen LogP contribution in [0.4, 0.5) is 26.3 Å². The van der Waals surface area contributed by atoms with Crippen molar-refractivity contribution in [3.05, 3.63) is 46.4 Å². The van der Waals surface area contributed by atoms with Gasteiger partial charge in [-0.25, -0.2) is 14.5 Å². The van der Waals surface area contributed by atoms with Crippen molar-refractivity contribution < 1.29 is 35.8 Å². The Kier molecular flexibility index (Phi) is 6.95. The molecule has 206 valence electrons. The van der Waals surface area contributed by atoms with E-state index >= 15 is 0 Å². The molecule has 0 aliphatic heterocycles. The second kappa shape index (κ2) is 9.62. The molecule has 0 aliphatic carbocycles. The summed E-state index contributed by atoms with van der Waals surface area (Å²) in [5, 5.41) is 8.25. The quantitative estimate of drug-likeness (QED) is 0.266. The van der Waals surface area contributed by atoms with Gasteiger partial charge >= 0.3 is 12.4 Å². The van der Waals surface area contributed by atoms with Gasteiger partial charge in [-0.05, 0) is 18.8 Å². The summed E-state index contributed by atoms with van der Waals surface area (Å²) < 4.78 is 96.2. The molecule has 8 nitrogen and oxygen atoms in total. The fourth-order valence-corrected chi connectivity index (χ4v) is 4.26. The van der Waals surface area contributed by atoms with E-state index in [1.54, 1.807) is 34.6 Å². The lowest BCUT2D eigenvalue weighted by Crippen LogP contribution is -2.14. The summed E-state index contributed by atoms with van der Waals surface area (Å²) in [5.74, 6) is -0.922. The molecule has 0 N–H and O–H groups in total. The Morgan fingerprint density at radius 3 is 2.08 bits per heavy atom. The normalized spacial score (nSPS) is 12.9. The SMILES string of the molecule is COc1cc(C(F)(F)F)c2c(C(C)C)nc(CCOc3cn4nc(C)nc(C(C)C)c4c3C(F)(F)F)nn12. The van der Waals surface area contributed by atoms with Gasteiger partial charge in [0.2, 0.25) is 5.88 Å². The Morgan fingerprint density at radius 2 is 1.53 bits per heavy atom. The maximum absolute atomic E-state index is 14.1. The molecule has 0 atom stereocenters. The molecule has 0 saturated carbocycles. The molecule has 0 radical (unpaired) electrons. The van der Waals surface area contributed by atoms with Crippen molar-refractivity contribution in [2.24, 2.45) is 0 Å². The van der Waals surface area contributed by atoms with Crippen LogP contribution in [0.5, 0.6) is 11.6 Å². The Hall–Kier alpha value is -3.58. The highest BCUT2D eigenvalue weighted by molar-refractivity contribution is 5.67. The highest BCUT2D eigenvalue weighted by Crippen LogP contribution is 2.42. The van der Waals surface area contributed by atoms with Crippen LogP contribution in [0, 0.1) is 6.92 Å².